The summed E-state index contributed by atoms with van der Waals surface area (Å²) in [5.41, 5.74) is 2.24. The molecular formula is C30H38N4O6S2. The van der Waals surface area contributed by atoms with Crippen LogP contribution in [0, 0.1) is 19.8 Å². The van der Waals surface area contributed by atoms with Crippen LogP contribution in [0.25, 0.3) is 0 Å². The van der Waals surface area contributed by atoms with Crippen molar-refractivity contribution in [1.82, 2.24) is 18.6 Å². The molecular weight excluding hydrogens is 576 g/mol. The van der Waals surface area contributed by atoms with Crippen LogP contribution in [0.4, 0.5) is 9.59 Å². The predicted molar refractivity (Wildman–Crippen MR) is 161 cm³/mol. The van der Waals surface area contributed by atoms with E-state index < -0.39 is 32.1 Å². The number of sulfonamides is 2. The zero-order chi connectivity index (χ0) is 31.2. The average Bonchev–Trinajstić information content (AvgIpc) is 2.95. The number of amides is 4. The molecule has 4 amide bonds. The van der Waals surface area contributed by atoms with Gasteiger partial charge in [-0.1, -0.05) is 79.6 Å². The fraction of sp³-hybridized carbons (Fsp3) is 0.333. The Hall–Kier alpha value is -3.90. The van der Waals surface area contributed by atoms with Crippen LogP contribution in [0.1, 0.15) is 37.5 Å². The summed E-state index contributed by atoms with van der Waals surface area (Å²) in [5.74, 6) is -0.232. The first-order valence-corrected chi connectivity index (χ1v) is 16.4. The molecule has 42 heavy (non-hydrogen) atoms. The average molecular weight is 615 g/mol. The van der Waals surface area contributed by atoms with Crippen LogP contribution in [0.5, 0.6) is 0 Å². The summed E-state index contributed by atoms with van der Waals surface area (Å²) in [6, 6.07) is 18.8. The van der Waals surface area contributed by atoms with Gasteiger partial charge < -0.3 is 0 Å². The summed E-state index contributed by atoms with van der Waals surface area (Å²) in [5, 5.41) is 1.79. The number of carbonyl (C=O) groups excluding carboxylic acids is 2. The van der Waals surface area contributed by atoms with Gasteiger partial charge in [0.05, 0.1) is 16.3 Å². The van der Waals surface area contributed by atoms with Gasteiger partial charge in [0.1, 0.15) is 0 Å². The van der Waals surface area contributed by atoms with Gasteiger partial charge in [-0.25, -0.2) is 45.1 Å². The van der Waals surface area contributed by atoms with Crippen LogP contribution in [0.2, 0.25) is 0 Å². The predicted octanol–water partition coefficient (Wildman–Crippen LogP) is 5.25. The Bertz CT molecular complexity index is 1590. The molecule has 0 unspecified atom stereocenters. The Balaban J connectivity index is 2.04. The van der Waals surface area contributed by atoms with Crippen molar-refractivity contribution in [3.05, 3.63) is 95.6 Å². The third-order valence-electron chi connectivity index (χ3n) is 6.50. The lowest BCUT2D eigenvalue weighted by atomic mass is 10.2. The molecule has 0 aliphatic heterocycles. The normalized spacial score (nSPS) is 11.7. The molecule has 0 saturated carbocycles. The van der Waals surface area contributed by atoms with Gasteiger partial charge in [0.25, 0.3) is 20.0 Å². The maximum Gasteiger partial charge on any atom is 0.353 e. The molecule has 0 radical (unpaired) electrons. The highest BCUT2D eigenvalue weighted by molar-refractivity contribution is 7.90. The topological polar surface area (TPSA) is 115 Å². The van der Waals surface area contributed by atoms with E-state index in [9.17, 15) is 26.4 Å². The summed E-state index contributed by atoms with van der Waals surface area (Å²) in [7, 11) is -7.42. The van der Waals surface area contributed by atoms with Gasteiger partial charge in [-0.05, 0) is 56.5 Å². The molecule has 0 fully saturated rings. The van der Waals surface area contributed by atoms with Crippen LogP contribution in [-0.4, -0.2) is 67.7 Å². The number of carbonyl (C=O) groups is 2. The molecule has 0 heterocycles. The first-order valence-electron chi connectivity index (χ1n) is 13.5. The van der Waals surface area contributed by atoms with Crippen LogP contribution in [0.3, 0.4) is 0 Å². The number of hydrazine groups is 1. The fourth-order valence-corrected chi connectivity index (χ4v) is 7.07. The van der Waals surface area contributed by atoms with Crippen LogP contribution in [0.15, 0.2) is 88.7 Å². The minimum atomic E-state index is -4.37. The molecule has 0 aromatic heterocycles. The van der Waals surface area contributed by atoms with Crippen molar-refractivity contribution in [1.29, 1.82) is 0 Å². The summed E-state index contributed by atoms with van der Waals surface area (Å²) >= 11 is 0. The smallest absolute Gasteiger partial charge is 0.245 e. The van der Waals surface area contributed by atoms with Crippen molar-refractivity contribution in [2.75, 3.05) is 20.1 Å². The Morgan fingerprint density at radius 3 is 1.57 bits per heavy atom. The van der Waals surface area contributed by atoms with Crippen molar-refractivity contribution in [3.8, 4) is 0 Å². The molecule has 0 saturated heterocycles. The second kappa shape index (κ2) is 13.4. The third-order valence-corrected chi connectivity index (χ3v) is 9.99. The van der Waals surface area contributed by atoms with E-state index in [2.05, 4.69) is 0 Å². The van der Waals surface area contributed by atoms with Crippen LogP contribution >= 0.6 is 0 Å². The highest BCUT2D eigenvalue weighted by Gasteiger charge is 2.39. The Kier molecular flexibility index (Phi) is 10.4. The molecule has 0 spiro atoms. The highest BCUT2D eigenvalue weighted by atomic mass is 32.2. The van der Waals surface area contributed by atoms with Gasteiger partial charge in [0, 0.05) is 20.1 Å². The molecule has 3 aromatic rings. The monoisotopic (exact) mass is 614 g/mol. The first kappa shape index (κ1) is 32.6. The van der Waals surface area contributed by atoms with Crippen molar-refractivity contribution < 1.29 is 26.4 Å². The quantitative estimate of drug-likeness (QED) is 0.304. The SMILES string of the molecule is CCN(C(=O)N(Cc1ccccc1)S(=O)(=O)c1ccc(C)cc1)N(C)C(=O)N(CC(C)C)S(=O)(=O)c1ccc(C)cc1. The maximum absolute atomic E-state index is 14.0. The van der Waals surface area contributed by atoms with Crippen molar-refractivity contribution in [3.63, 3.8) is 0 Å². The highest BCUT2D eigenvalue weighted by Crippen LogP contribution is 2.24. The van der Waals surface area contributed by atoms with E-state index in [0.717, 1.165) is 21.1 Å². The van der Waals surface area contributed by atoms with Crippen molar-refractivity contribution >= 4 is 32.1 Å². The lowest BCUT2D eigenvalue weighted by molar-refractivity contribution is 0.0509. The van der Waals surface area contributed by atoms with E-state index >= 15 is 0 Å². The Morgan fingerprint density at radius 1 is 0.690 bits per heavy atom. The second-order valence-electron chi connectivity index (χ2n) is 10.4. The van der Waals surface area contributed by atoms with E-state index in [1.165, 1.54) is 31.3 Å². The summed E-state index contributed by atoms with van der Waals surface area (Å²) < 4.78 is 56.3. The molecule has 10 nitrogen and oxygen atoms in total. The molecule has 3 aromatic carbocycles. The number of benzene rings is 3. The molecule has 12 heteroatoms. The van der Waals surface area contributed by atoms with Gasteiger partial charge in [0.2, 0.25) is 0 Å². The minimum absolute atomic E-state index is 0.0717. The molecule has 0 atom stereocenters. The third kappa shape index (κ3) is 7.29. The molecule has 0 N–H and O–H groups in total. The zero-order valence-electron chi connectivity index (χ0n) is 24.8. The van der Waals surface area contributed by atoms with Gasteiger partial charge in [-0.15, -0.1) is 0 Å². The fourth-order valence-electron chi connectivity index (χ4n) is 4.16. The lowest BCUT2D eigenvalue weighted by Gasteiger charge is -2.37. The summed E-state index contributed by atoms with van der Waals surface area (Å²) in [4.78, 5) is 27.7. The van der Waals surface area contributed by atoms with Crippen LogP contribution in [-0.2, 0) is 26.6 Å². The summed E-state index contributed by atoms with van der Waals surface area (Å²) in [6.45, 7) is 8.17. The largest absolute Gasteiger partial charge is 0.353 e. The van der Waals surface area contributed by atoms with Gasteiger partial charge >= 0.3 is 12.1 Å². The number of aryl methyl sites for hydroxylation is 2. The van der Waals surface area contributed by atoms with E-state index in [4.69, 9.17) is 0 Å². The van der Waals surface area contributed by atoms with Gasteiger partial charge in [-0.2, -0.15) is 0 Å². The second-order valence-corrected chi connectivity index (χ2v) is 14.1. The standard InChI is InChI=1S/C30H38N4O6S2/c1-7-32(31(6)29(35)33(21-23(2)3)41(37,38)27-17-13-24(4)14-18-27)30(36)34(22-26-11-9-8-10-12-26)42(39,40)28-19-15-25(5)16-20-28/h8-20,23H,7,21-22H2,1-6H3. The van der Waals surface area contributed by atoms with E-state index in [-0.39, 0.29) is 35.3 Å². The van der Waals surface area contributed by atoms with E-state index in [1.54, 1.807) is 75.4 Å². The maximum atomic E-state index is 14.0. The minimum Gasteiger partial charge on any atom is -0.245 e. The van der Waals surface area contributed by atoms with E-state index in [0.29, 0.717) is 14.2 Å². The van der Waals surface area contributed by atoms with Crippen LogP contribution < -0.4 is 0 Å². The first-order chi connectivity index (χ1) is 19.7. The Morgan fingerprint density at radius 2 is 1.14 bits per heavy atom. The molecule has 226 valence electrons. The Labute approximate surface area is 249 Å². The van der Waals surface area contributed by atoms with Crippen molar-refractivity contribution in [2.45, 2.75) is 51.0 Å². The molecule has 3 rings (SSSR count). The van der Waals surface area contributed by atoms with Gasteiger partial charge in [0.15, 0.2) is 0 Å². The van der Waals surface area contributed by atoms with E-state index in [1.807, 2.05) is 13.8 Å². The van der Waals surface area contributed by atoms with Gasteiger partial charge in [-0.3, -0.25) is 0 Å². The molecule has 0 aliphatic carbocycles. The zero-order valence-corrected chi connectivity index (χ0v) is 26.4. The summed E-state index contributed by atoms with van der Waals surface area (Å²) in [6.07, 6.45) is 0. The van der Waals surface area contributed by atoms with Crippen molar-refractivity contribution in [2.24, 2.45) is 5.92 Å². The molecule has 0 aliphatic rings. The number of rotatable bonds is 9. The number of hydrogen-bond acceptors (Lipinski definition) is 6. The lowest BCUT2D eigenvalue weighted by Crippen LogP contribution is -2.57. The number of nitrogens with zero attached hydrogens (tertiary/aromatic N) is 4. The number of hydrogen-bond donors (Lipinski definition) is 0. The molecule has 0 bridgehead atoms. The number of urea groups is 2.